The van der Waals surface area contributed by atoms with Gasteiger partial charge in [-0.2, -0.15) is 3.93 Å². The molecule has 0 aliphatic rings. The molecule has 0 radical (unpaired) electrons. The van der Waals surface area contributed by atoms with Crippen molar-refractivity contribution >= 4 is 16.1 Å². The third kappa shape index (κ3) is 2.61. The Labute approximate surface area is 57.3 Å². The maximum absolute atomic E-state index is 8.71. The van der Waals surface area contributed by atoms with Gasteiger partial charge >= 0.3 is 0 Å². The van der Waals surface area contributed by atoms with Crippen LogP contribution in [-0.4, -0.2) is 26.6 Å². The van der Waals surface area contributed by atoms with Gasteiger partial charge in [0.05, 0.1) is 0 Å². The first-order chi connectivity index (χ1) is 3.55. The lowest BCUT2D eigenvalue weighted by atomic mass is 10.6. The molecule has 2 unspecified atom stereocenters. The van der Waals surface area contributed by atoms with Crippen LogP contribution >= 0.6 is 16.1 Å². The van der Waals surface area contributed by atoms with Gasteiger partial charge in [-0.15, -0.1) is 0 Å². The van der Waals surface area contributed by atoms with Crippen molar-refractivity contribution < 1.29 is 10.2 Å². The minimum absolute atomic E-state index is 0.657. The zero-order valence-corrected chi connectivity index (χ0v) is 6.46. The van der Waals surface area contributed by atoms with Crippen LogP contribution in [0.3, 0.4) is 0 Å². The minimum Gasteiger partial charge on any atom is -0.378 e. The molecule has 0 rings (SSSR count). The Morgan fingerprint density at radius 1 is 1.25 bits per heavy atom. The van der Waals surface area contributed by atoms with Crippen LogP contribution in [-0.2, 0) is 0 Å². The van der Waals surface area contributed by atoms with Gasteiger partial charge in [0, 0.05) is 16.1 Å². The molecule has 0 aliphatic carbocycles. The first-order valence-corrected chi connectivity index (χ1v) is 3.07. The van der Waals surface area contributed by atoms with Crippen molar-refractivity contribution in [3.63, 3.8) is 0 Å². The molecule has 0 aromatic heterocycles. The second-order valence-electron chi connectivity index (χ2n) is 1.61. The molecule has 0 heterocycles. The Bertz CT molecular complexity index is 59.1. The predicted octanol–water partition coefficient (Wildman–Crippen LogP) is 0.275. The first-order valence-electron chi connectivity index (χ1n) is 2.36. The van der Waals surface area contributed by atoms with Crippen LogP contribution in [0.15, 0.2) is 0 Å². The quantitative estimate of drug-likeness (QED) is 0.478. The summed E-state index contributed by atoms with van der Waals surface area (Å²) in [4.78, 5) is 0. The number of hydrogen-bond acceptors (Lipinski definition) is 3. The van der Waals surface area contributed by atoms with Gasteiger partial charge in [0.2, 0.25) is 0 Å². The SMILES string of the molecule is CC(O)N(Br)C(C)O. The van der Waals surface area contributed by atoms with E-state index in [9.17, 15) is 0 Å². The van der Waals surface area contributed by atoms with Gasteiger partial charge in [0.1, 0.15) is 12.5 Å². The summed E-state index contributed by atoms with van der Waals surface area (Å²) in [6, 6.07) is 0. The topological polar surface area (TPSA) is 43.7 Å². The third-order valence-corrected chi connectivity index (χ3v) is 1.90. The molecule has 0 aliphatic heterocycles. The average molecular weight is 184 g/mol. The monoisotopic (exact) mass is 183 g/mol. The fraction of sp³-hybridized carbons (Fsp3) is 1.00. The molecule has 0 spiro atoms. The maximum Gasteiger partial charge on any atom is 0.116 e. The summed E-state index contributed by atoms with van der Waals surface area (Å²) in [5.41, 5.74) is 0. The van der Waals surface area contributed by atoms with Crippen molar-refractivity contribution in [2.24, 2.45) is 0 Å². The number of nitrogens with zero attached hydrogens (tertiary/aromatic N) is 1. The lowest BCUT2D eigenvalue weighted by Gasteiger charge is -2.19. The van der Waals surface area contributed by atoms with E-state index in [0.29, 0.717) is 0 Å². The number of hydrogen-bond donors (Lipinski definition) is 2. The molecule has 2 N–H and O–H groups in total. The Morgan fingerprint density at radius 2 is 1.50 bits per heavy atom. The van der Waals surface area contributed by atoms with Gasteiger partial charge in [-0.25, -0.2) is 0 Å². The maximum atomic E-state index is 8.71. The fourth-order valence-electron chi connectivity index (χ4n) is 0.312. The van der Waals surface area contributed by atoms with E-state index in [1.165, 1.54) is 3.93 Å². The van der Waals surface area contributed by atoms with Crippen LogP contribution in [0.2, 0.25) is 0 Å². The summed E-state index contributed by atoms with van der Waals surface area (Å²) in [5, 5.41) is 17.4. The minimum atomic E-state index is -0.657. The molecule has 3 nitrogen and oxygen atoms in total. The summed E-state index contributed by atoms with van der Waals surface area (Å²) >= 11 is 2.94. The van der Waals surface area contributed by atoms with E-state index in [0.717, 1.165) is 0 Å². The molecule has 0 aromatic carbocycles. The van der Waals surface area contributed by atoms with E-state index in [1.807, 2.05) is 0 Å². The number of halogens is 1. The van der Waals surface area contributed by atoms with Crippen LogP contribution in [0.5, 0.6) is 0 Å². The van der Waals surface area contributed by atoms with Gasteiger partial charge < -0.3 is 10.2 Å². The van der Waals surface area contributed by atoms with Crippen LogP contribution < -0.4 is 0 Å². The molecule has 0 amide bonds. The van der Waals surface area contributed by atoms with Gasteiger partial charge in [0.25, 0.3) is 0 Å². The van der Waals surface area contributed by atoms with E-state index in [4.69, 9.17) is 10.2 Å². The average Bonchev–Trinajstić information content (AvgIpc) is 1.64. The number of rotatable bonds is 2. The molecule has 0 fully saturated rings. The second-order valence-corrected chi connectivity index (χ2v) is 2.43. The summed E-state index contributed by atoms with van der Waals surface area (Å²) in [6.45, 7) is 3.11. The normalized spacial score (nSPS) is 18.8. The fourth-order valence-corrected chi connectivity index (χ4v) is 0.312. The van der Waals surface area contributed by atoms with Crippen molar-refractivity contribution in [1.29, 1.82) is 0 Å². The molecular weight excluding hydrogens is 174 g/mol. The molecule has 2 atom stereocenters. The molecule has 0 bridgehead atoms. The van der Waals surface area contributed by atoms with E-state index >= 15 is 0 Å². The molecule has 0 aromatic rings. The Morgan fingerprint density at radius 3 is 1.50 bits per heavy atom. The zero-order valence-electron chi connectivity index (χ0n) is 4.87. The lowest BCUT2D eigenvalue weighted by molar-refractivity contribution is -0.0109. The molecule has 0 saturated heterocycles. The summed E-state index contributed by atoms with van der Waals surface area (Å²) in [7, 11) is 0. The first kappa shape index (κ1) is 8.36. The second kappa shape index (κ2) is 3.40. The highest BCUT2D eigenvalue weighted by molar-refractivity contribution is 9.07. The van der Waals surface area contributed by atoms with Crippen LogP contribution in [0.1, 0.15) is 13.8 Å². The smallest absolute Gasteiger partial charge is 0.116 e. The molecule has 0 saturated carbocycles. The van der Waals surface area contributed by atoms with Crippen LogP contribution in [0.25, 0.3) is 0 Å². The highest BCUT2D eigenvalue weighted by Crippen LogP contribution is 2.05. The predicted molar refractivity (Wildman–Crippen MR) is 34.1 cm³/mol. The van der Waals surface area contributed by atoms with Gasteiger partial charge in [0.15, 0.2) is 0 Å². The Hall–Kier alpha value is 0.360. The van der Waals surface area contributed by atoms with Gasteiger partial charge in [-0.1, -0.05) is 0 Å². The van der Waals surface area contributed by atoms with E-state index in [2.05, 4.69) is 16.1 Å². The van der Waals surface area contributed by atoms with Gasteiger partial charge in [-0.3, -0.25) is 0 Å². The van der Waals surface area contributed by atoms with Gasteiger partial charge in [-0.05, 0) is 13.8 Å². The highest BCUT2D eigenvalue weighted by Gasteiger charge is 2.10. The van der Waals surface area contributed by atoms with E-state index in [-0.39, 0.29) is 0 Å². The highest BCUT2D eigenvalue weighted by atomic mass is 79.9. The van der Waals surface area contributed by atoms with Crippen molar-refractivity contribution in [2.45, 2.75) is 26.3 Å². The largest absolute Gasteiger partial charge is 0.378 e. The van der Waals surface area contributed by atoms with Crippen molar-refractivity contribution in [3.8, 4) is 0 Å². The number of aliphatic hydroxyl groups is 2. The molecule has 4 heteroatoms. The Balaban J connectivity index is 3.46. The standard InChI is InChI=1S/C4H10BrNO2/c1-3(7)6(5)4(2)8/h3-4,7-8H,1-2H3. The molecular formula is C4H10BrNO2. The molecule has 50 valence electrons. The van der Waals surface area contributed by atoms with Crippen molar-refractivity contribution in [2.75, 3.05) is 0 Å². The summed E-state index contributed by atoms with van der Waals surface area (Å²) in [6.07, 6.45) is -1.31. The lowest BCUT2D eigenvalue weighted by Crippen LogP contribution is -2.31. The van der Waals surface area contributed by atoms with E-state index in [1.54, 1.807) is 13.8 Å². The van der Waals surface area contributed by atoms with Crippen molar-refractivity contribution in [1.82, 2.24) is 3.93 Å². The van der Waals surface area contributed by atoms with Crippen molar-refractivity contribution in [3.05, 3.63) is 0 Å². The van der Waals surface area contributed by atoms with E-state index < -0.39 is 12.5 Å². The summed E-state index contributed by atoms with van der Waals surface area (Å²) in [5.74, 6) is 0. The number of aliphatic hydroxyl groups excluding tert-OH is 2. The summed E-state index contributed by atoms with van der Waals surface area (Å²) < 4.78 is 1.26. The van der Waals surface area contributed by atoms with Crippen LogP contribution in [0, 0.1) is 0 Å². The third-order valence-electron chi connectivity index (χ3n) is 0.714. The Kier molecular flexibility index (Phi) is 3.55. The zero-order chi connectivity index (χ0) is 6.73. The molecule has 8 heavy (non-hydrogen) atoms. The van der Waals surface area contributed by atoms with Crippen LogP contribution in [0.4, 0.5) is 0 Å².